The minimum Gasteiger partial charge on any atom is -0.491 e. The predicted molar refractivity (Wildman–Crippen MR) is 110 cm³/mol. The van der Waals surface area contributed by atoms with Crippen molar-refractivity contribution in [1.82, 2.24) is 0 Å². The number of ether oxygens (including phenoxy) is 2. The van der Waals surface area contributed by atoms with Gasteiger partial charge in [0.25, 0.3) is 0 Å². The van der Waals surface area contributed by atoms with Crippen molar-refractivity contribution in [2.24, 2.45) is 11.8 Å². The van der Waals surface area contributed by atoms with Gasteiger partial charge in [-0.3, -0.25) is 4.79 Å². The molecule has 0 spiro atoms. The van der Waals surface area contributed by atoms with E-state index in [0.717, 1.165) is 12.8 Å². The summed E-state index contributed by atoms with van der Waals surface area (Å²) < 4.78 is 10.1. The monoisotopic (exact) mass is 404 g/mol. The predicted octanol–water partition coefficient (Wildman–Crippen LogP) is 2.63. The van der Waals surface area contributed by atoms with Gasteiger partial charge in [0.2, 0.25) is 0 Å². The largest absolute Gasteiger partial charge is 0.491 e. The molecule has 0 bridgehead atoms. The third-order valence-electron chi connectivity index (χ3n) is 5.19. The summed E-state index contributed by atoms with van der Waals surface area (Å²) in [6.45, 7) is 0.122. The van der Waals surface area contributed by atoms with Gasteiger partial charge in [0.15, 0.2) is 0 Å². The topological polar surface area (TPSA) is 96.2 Å². The molecule has 6 heteroatoms. The van der Waals surface area contributed by atoms with E-state index in [-0.39, 0.29) is 24.4 Å². The van der Waals surface area contributed by atoms with E-state index >= 15 is 0 Å². The minimum atomic E-state index is -0.797. The number of unbranched alkanes of at least 4 members (excludes halogenated alkanes) is 1. The molecule has 3 N–H and O–H groups in total. The fourth-order valence-corrected chi connectivity index (χ4v) is 3.55. The zero-order valence-electron chi connectivity index (χ0n) is 16.9. The molecule has 1 aromatic carbocycles. The molecular formula is C23H32O6. The second-order valence-corrected chi connectivity index (χ2v) is 7.36. The number of methoxy groups -OCH3 is 1. The van der Waals surface area contributed by atoms with Crippen LogP contribution in [0.4, 0.5) is 0 Å². The number of carbonyl (C=O) groups is 1. The highest BCUT2D eigenvalue weighted by Gasteiger charge is 2.39. The van der Waals surface area contributed by atoms with Gasteiger partial charge in [-0.15, -0.1) is 0 Å². The second-order valence-electron chi connectivity index (χ2n) is 7.36. The van der Waals surface area contributed by atoms with Crippen LogP contribution in [0, 0.1) is 11.8 Å². The van der Waals surface area contributed by atoms with E-state index in [2.05, 4.69) is 4.74 Å². The van der Waals surface area contributed by atoms with Crippen LogP contribution < -0.4 is 4.74 Å². The zero-order chi connectivity index (χ0) is 21.1. The Bertz CT molecular complexity index is 657. The molecule has 29 heavy (non-hydrogen) atoms. The number of benzene rings is 1. The summed E-state index contributed by atoms with van der Waals surface area (Å²) in [6.07, 6.45) is 8.19. The quantitative estimate of drug-likeness (QED) is 0.298. The molecule has 1 aliphatic rings. The Kier molecular flexibility index (Phi) is 9.91. The van der Waals surface area contributed by atoms with Crippen molar-refractivity contribution < 1.29 is 29.6 Å². The van der Waals surface area contributed by atoms with E-state index in [4.69, 9.17) is 4.74 Å². The van der Waals surface area contributed by atoms with Gasteiger partial charge < -0.3 is 24.8 Å². The lowest BCUT2D eigenvalue weighted by Gasteiger charge is -2.19. The number of hydrogen-bond donors (Lipinski definition) is 3. The first-order chi connectivity index (χ1) is 14.0. The molecule has 0 saturated heterocycles. The van der Waals surface area contributed by atoms with Crippen LogP contribution in [-0.4, -0.2) is 53.3 Å². The molecule has 1 aromatic rings. The average molecular weight is 405 g/mol. The highest BCUT2D eigenvalue weighted by molar-refractivity contribution is 5.69. The first-order valence-corrected chi connectivity index (χ1v) is 10.1. The minimum absolute atomic E-state index is 0.111. The van der Waals surface area contributed by atoms with Crippen molar-refractivity contribution >= 4 is 5.97 Å². The first-order valence-electron chi connectivity index (χ1n) is 10.1. The lowest BCUT2D eigenvalue weighted by Crippen LogP contribution is -2.21. The van der Waals surface area contributed by atoms with Crippen LogP contribution in [0.2, 0.25) is 0 Å². The lowest BCUT2D eigenvalue weighted by molar-refractivity contribution is -0.140. The maximum absolute atomic E-state index is 11.1. The van der Waals surface area contributed by atoms with Crippen molar-refractivity contribution in [2.75, 3.05) is 13.7 Å². The normalized spacial score (nSPS) is 25.5. The van der Waals surface area contributed by atoms with E-state index in [1.165, 1.54) is 7.11 Å². The van der Waals surface area contributed by atoms with Gasteiger partial charge in [-0.05, 0) is 37.3 Å². The highest BCUT2D eigenvalue weighted by Crippen LogP contribution is 2.36. The summed E-state index contributed by atoms with van der Waals surface area (Å²) in [5.41, 5.74) is 0. The van der Waals surface area contributed by atoms with E-state index in [9.17, 15) is 20.1 Å². The number of aliphatic hydroxyl groups is 3. The van der Waals surface area contributed by atoms with Gasteiger partial charge >= 0.3 is 5.97 Å². The third-order valence-corrected chi connectivity index (χ3v) is 5.19. The van der Waals surface area contributed by atoms with Crippen molar-refractivity contribution in [3.63, 3.8) is 0 Å². The Hall–Kier alpha value is -2.15. The highest BCUT2D eigenvalue weighted by atomic mass is 16.5. The summed E-state index contributed by atoms with van der Waals surface area (Å²) in [5, 5.41) is 30.7. The molecule has 2 rings (SSSR count). The van der Waals surface area contributed by atoms with E-state index in [1.807, 2.05) is 42.5 Å². The van der Waals surface area contributed by atoms with Crippen LogP contribution in [-0.2, 0) is 9.53 Å². The standard InChI is InChI=1S/C23H32O6/c1-28-23(27)12-8-3-2-7-11-19-20(22(26)15-21(19)25)14-13-17(24)16-29-18-9-5-4-6-10-18/h2,4-7,9-10,13-14,17,19-22,24-26H,3,8,11-12,15-16H2,1H3/b7-2-,14-13+/t17?,19?,20-,21?,22?/m1/s1. The molecule has 160 valence electrons. The van der Waals surface area contributed by atoms with Crippen molar-refractivity contribution in [1.29, 1.82) is 0 Å². The molecule has 0 aromatic heterocycles. The lowest BCUT2D eigenvalue weighted by atomic mass is 9.89. The van der Waals surface area contributed by atoms with Crippen LogP contribution in [0.1, 0.15) is 32.1 Å². The van der Waals surface area contributed by atoms with Crippen LogP contribution in [0.3, 0.4) is 0 Å². The smallest absolute Gasteiger partial charge is 0.305 e. The van der Waals surface area contributed by atoms with Gasteiger partial charge in [-0.25, -0.2) is 0 Å². The van der Waals surface area contributed by atoms with Crippen LogP contribution >= 0.6 is 0 Å². The Labute approximate surface area is 172 Å². The van der Waals surface area contributed by atoms with Crippen molar-refractivity contribution in [3.8, 4) is 5.75 Å². The maximum atomic E-state index is 11.1. The SMILES string of the molecule is COC(=O)CCC/C=C\CC1C(O)CC(O)[C@@H]1/C=C/C(O)COc1ccccc1. The fourth-order valence-electron chi connectivity index (χ4n) is 3.55. The summed E-state index contributed by atoms with van der Waals surface area (Å²) in [5.74, 6) is 0.135. The van der Waals surface area contributed by atoms with Crippen molar-refractivity contribution in [2.45, 2.75) is 50.4 Å². The van der Waals surface area contributed by atoms with Gasteiger partial charge in [-0.2, -0.15) is 0 Å². The Morgan fingerprint density at radius 3 is 2.69 bits per heavy atom. The van der Waals surface area contributed by atoms with Crippen molar-refractivity contribution in [3.05, 3.63) is 54.6 Å². The number of aliphatic hydroxyl groups excluding tert-OH is 3. The number of para-hydroxylation sites is 1. The maximum Gasteiger partial charge on any atom is 0.305 e. The van der Waals surface area contributed by atoms with Gasteiger partial charge in [-0.1, -0.05) is 42.5 Å². The Balaban J connectivity index is 1.80. The molecule has 0 amide bonds. The average Bonchev–Trinajstić information content (AvgIpc) is 3.00. The third kappa shape index (κ3) is 8.01. The van der Waals surface area contributed by atoms with Gasteiger partial charge in [0.05, 0.1) is 19.3 Å². The number of carbonyl (C=O) groups excluding carboxylic acids is 1. The molecular weight excluding hydrogens is 372 g/mol. The van der Waals surface area contributed by atoms with Crippen LogP contribution in [0.25, 0.3) is 0 Å². The van der Waals surface area contributed by atoms with E-state index < -0.39 is 18.3 Å². The molecule has 5 atom stereocenters. The fraction of sp³-hybridized carbons (Fsp3) is 0.522. The van der Waals surface area contributed by atoms with Gasteiger partial charge in [0, 0.05) is 18.8 Å². The van der Waals surface area contributed by atoms with Crippen LogP contribution in [0.5, 0.6) is 5.75 Å². The van der Waals surface area contributed by atoms with E-state index in [1.54, 1.807) is 12.2 Å². The number of allylic oxidation sites excluding steroid dienone is 2. The molecule has 6 nitrogen and oxygen atoms in total. The van der Waals surface area contributed by atoms with Crippen LogP contribution in [0.15, 0.2) is 54.6 Å². The summed E-state index contributed by atoms with van der Waals surface area (Å²) >= 11 is 0. The molecule has 0 aliphatic heterocycles. The first kappa shape index (κ1) is 23.1. The molecule has 1 aliphatic carbocycles. The molecule has 1 saturated carbocycles. The number of hydrogen-bond acceptors (Lipinski definition) is 6. The molecule has 1 fully saturated rings. The zero-order valence-corrected chi connectivity index (χ0v) is 16.9. The van der Waals surface area contributed by atoms with E-state index in [0.29, 0.717) is 25.0 Å². The second kappa shape index (κ2) is 12.4. The Morgan fingerprint density at radius 2 is 1.97 bits per heavy atom. The molecule has 4 unspecified atom stereocenters. The molecule has 0 radical (unpaired) electrons. The summed E-state index contributed by atoms with van der Waals surface area (Å²) in [6, 6.07) is 9.26. The number of rotatable bonds is 11. The molecule has 0 heterocycles. The van der Waals surface area contributed by atoms with Gasteiger partial charge in [0.1, 0.15) is 18.5 Å². The Morgan fingerprint density at radius 1 is 1.21 bits per heavy atom. The number of esters is 1. The summed E-state index contributed by atoms with van der Waals surface area (Å²) in [4.78, 5) is 11.1. The summed E-state index contributed by atoms with van der Waals surface area (Å²) in [7, 11) is 1.38.